The Morgan fingerprint density at radius 3 is 1.62 bits per heavy atom. The summed E-state index contributed by atoms with van der Waals surface area (Å²) in [6.45, 7) is 0. The molecule has 2 aromatic carbocycles. The normalized spacial score (nSPS) is 10.0. The van der Waals surface area contributed by atoms with E-state index in [2.05, 4.69) is 0 Å². The van der Waals surface area contributed by atoms with Crippen molar-refractivity contribution in [3.05, 3.63) is 65.7 Å². The third-order valence-corrected chi connectivity index (χ3v) is 3.46. The molecule has 0 aliphatic rings. The fraction of sp³-hybridized carbons (Fsp3) is 0.158. The van der Waals surface area contributed by atoms with E-state index < -0.39 is 36.0 Å². The Morgan fingerprint density at radius 1 is 0.708 bits per heavy atom. The van der Waals surface area contributed by atoms with Crippen molar-refractivity contribution in [1.29, 1.82) is 0 Å². The highest BCUT2D eigenvalue weighted by Gasteiger charge is 2.22. The van der Waals surface area contributed by atoms with E-state index in [-0.39, 0.29) is 0 Å². The number of methoxy groups -OCH3 is 1. The van der Waals surface area contributed by atoms with Gasteiger partial charge in [0.2, 0.25) is 11.6 Å². The zero-order valence-electron chi connectivity index (χ0n) is 13.2. The van der Waals surface area contributed by atoms with Crippen LogP contribution in [0.25, 0.3) is 0 Å². The largest absolute Gasteiger partial charge is 0.497 e. The smallest absolute Gasteiger partial charge is 0.206 e. The monoisotopic (exact) mass is 324 g/mol. The van der Waals surface area contributed by atoms with Gasteiger partial charge in [-0.05, 0) is 24.3 Å². The molecule has 122 valence electrons. The van der Waals surface area contributed by atoms with Crippen LogP contribution in [0.1, 0.15) is 33.6 Å². The molecular formula is C19H16O5. The molecule has 5 nitrogen and oxygen atoms in total. The molecule has 5 heteroatoms. The fourth-order valence-corrected chi connectivity index (χ4v) is 2.09. The van der Waals surface area contributed by atoms with Crippen LogP contribution < -0.4 is 4.74 Å². The number of carbonyl (C=O) groups excluding carboxylic acids is 4. The van der Waals surface area contributed by atoms with Gasteiger partial charge in [0.1, 0.15) is 5.75 Å². The second kappa shape index (κ2) is 7.97. The summed E-state index contributed by atoms with van der Waals surface area (Å²) in [6, 6.07) is 14.5. The fourth-order valence-electron chi connectivity index (χ4n) is 2.09. The van der Waals surface area contributed by atoms with Crippen molar-refractivity contribution in [2.75, 3.05) is 7.11 Å². The molecule has 0 spiro atoms. The Bertz CT molecular complexity index is 760. The Kier molecular flexibility index (Phi) is 5.73. The van der Waals surface area contributed by atoms with Crippen LogP contribution in [-0.4, -0.2) is 30.2 Å². The van der Waals surface area contributed by atoms with Crippen LogP contribution in [0.4, 0.5) is 0 Å². The predicted octanol–water partition coefficient (Wildman–Crippen LogP) is 2.68. The van der Waals surface area contributed by atoms with Gasteiger partial charge in [-0.3, -0.25) is 19.2 Å². The number of rotatable bonds is 8. The van der Waals surface area contributed by atoms with Crippen LogP contribution >= 0.6 is 0 Å². The Morgan fingerprint density at radius 2 is 1.17 bits per heavy atom. The summed E-state index contributed by atoms with van der Waals surface area (Å²) < 4.78 is 4.98. The van der Waals surface area contributed by atoms with Crippen LogP contribution in [0, 0.1) is 0 Å². The molecule has 0 unspecified atom stereocenters. The third-order valence-electron chi connectivity index (χ3n) is 3.46. The molecule has 0 radical (unpaired) electrons. The quantitative estimate of drug-likeness (QED) is 0.424. The molecule has 0 fully saturated rings. The van der Waals surface area contributed by atoms with Crippen LogP contribution in [0.2, 0.25) is 0 Å². The Labute approximate surface area is 139 Å². The molecule has 0 bridgehead atoms. The minimum absolute atomic E-state index is 0.311. The average Bonchev–Trinajstić information content (AvgIpc) is 2.62. The van der Waals surface area contributed by atoms with Gasteiger partial charge in [-0.25, -0.2) is 0 Å². The van der Waals surface area contributed by atoms with E-state index >= 15 is 0 Å². The Balaban J connectivity index is 1.94. The molecule has 0 aromatic heterocycles. The SMILES string of the molecule is COc1ccc(C(=O)CC(=O)C(=O)CC(=O)c2ccccc2)cc1. The third kappa shape index (κ3) is 4.46. The molecule has 0 aliphatic carbocycles. The lowest BCUT2D eigenvalue weighted by atomic mass is 9.99. The number of benzene rings is 2. The zero-order valence-corrected chi connectivity index (χ0v) is 13.2. The van der Waals surface area contributed by atoms with Gasteiger partial charge in [0, 0.05) is 11.1 Å². The van der Waals surface area contributed by atoms with Crippen LogP contribution in [-0.2, 0) is 9.59 Å². The maximum Gasteiger partial charge on any atom is 0.206 e. The van der Waals surface area contributed by atoms with Crippen LogP contribution in [0.15, 0.2) is 54.6 Å². The topological polar surface area (TPSA) is 77.5 Å². The van der Waals surface area contributed by atoms with E-state index in [9.17, 15) is 19.2 Å². The lowest BCUT2D eigenvalue weighted by molar-refractivity contribution is -0.135. The summed E-state index contributed by atoms with van der Waals surface area (Å²) in [7, 11) is 1.50. The highest BCUT2D eigenvalue weighted by molar-refractivity contribution is 6.44. The molecule has 0 saturated carbocycles. The van der Waals surface area contributed by atoms with Crippen molar-refractivity contribution >= 4 is 23.1 Å². The first kappa shape index (κ1) is 17.3. The molecule has 0 heterocycles. The van der Waals surface area contributed by atoms with Gasteiger partial charge >= 0.3 is 0 Å². The van der Waals surface area contributed by atoms with Crippen molar-refractivity contribution < 1.29 is 23.9 Å². The van der Waals surface area contributed by atoms with Crippen molar-refractivity contribution in [1.82, 2.24) is 0 Å². The summed E-state index contributed by atoms with van der Waals surface area (Å²) >= 11 is 0. The van der Waals surface area contributed by atoms with Crippen molar-refractivity contribution in [2.24, 2.45) is 0 Å². The van der Waals surface area contributed by atoms with Gasteiger partial charge in [-0.15, -0.1) is 0 Å². The molecule has 0 aliphatic heterocycles. The van der Waals surface area contributed by atoms with Gasteiger partial charge in [0.15, 0.2) is 11.6 Å². The minimum Gasteiger partial charge on any atom is -0.497 e. The Hall–Kier alpha value is -3.08. The van der Waals surface area contributed by atoms with Gasteiger partial charge in [0.25, 0.3) is 0 Å². The lowest BCUT2D eigenvalue weighted by Gasteiger charge is -2.03. The first-order valence-electron chi connectivity index (χ1n) is 7.33. The van der Waals surface area contributed by atoms with E-state index in [1.54, 1.807) is 42.5 Å². The molecule has 24 heavy (non-hydrogen) atoms. The highest BCUT2D eigenvalue weighted by Crippen LogP contribution is 2.13. The van der Waals surface area contributed by atoms with Gasteiger partial charge in [0.05, 0.1) is 20.0 Å². The maximum absolute atomic E-state index is 12.0. The average molecular weight is 324 g/mol. The van der Waals surface area contributed by atoms with Crippen molar-refractivity contribution in [3.63, 3.8) is 0 Å². The van der Waals surface area contributed by atoms with E-state index in [0.29, 0.717) is 16.9 Å². The minimum atomic E-state index is -0.861. The number of ketones is 4. The summed E-state index contributed by atoms with van der Waals surface area (Å²) in [5.74, 6) is -2.04. The van der Waals surface area contributed by atoms with E-state index in [4.69, 9.17) is 4.74 Å². The van der Waals surface area contributed by atoms with Gasteiger partial charge in [-0.1, -0.05) is 30.3 Å². The number of hydrogen-bond donors (Lipinski definition) is 0. The van der Waals surface area contributed by atoms with Crippen LogP contribution in [0.3, 0.4) is 0 Å². The van der Waals surface area contributed by atoms with Crippen LogP contribution in [0.5, 0.6) is 5.75 Å². The summed E-state index contributed by atoms with van der Waals surface area (Å²) in [5.41, 5.74) is 0.673. The van der Waals surface area contributed by atoms with Crippen molar-refractivity contribution in [3.8, 4) is 5.75 Å². The van der Waals surface area contributed by atoms with Crippen molar-refractivity contribution in [2.45, 2.75) is 12.8 Å². The molecule has 0 N–H and O–H groups in total. The standard InChI is InChI=1S/C19H16O5/c1-24-15-9-7-14(8-10-15)17(21)12-19(23)18(22)11-16(20)13-5-3-2-4-6-13/h2-10H,11-12H2,1H3. The molecule has 0 saturated heterocycles. The van der Waals surface area contributed by atoms with E-state index in [1.807, 2.05) is 0 Å². The lowest BCUT2D eigenvalue weighted by Crippen LogP contribution is -2.21. The first-order valence-corrected chi connectivity index (χ1v) is 7.33. The van der Waals surface area contributed by atoms with E-state index in [0.717, 1.165) is 0 Å². The van der Waals surface area contributed by atoms with Gasteiger partial charge in [-0.2, -0.15) is 0 Å². The molecular weight excluding hydrogens is 308 g/mol. The molecule has 0 atom stereocenters. The van der Waals surface area contributed by atoms with Gasteiger partial charge < -0.3 is 4.74 Å². The predicted molar refractivity (Wildman–Crippen MR) is 87.3 cm³/mol. The first-order chi connectivity index (χ1) is 11.5. The molecule has 2 rings (SSSR count). The summed E-state index contributed by atoms with van der Waals surface area (Å²) in [6.07, 6.45) is -1.08. The molecule has 2 aromatic rings. The number of hydrogen-bond acceptors (Lipinski definition) is 5. The maximum atomic E-state index is 12.0. The summed E-state index contributed by atoms with van der Waals surface area (Å²) in [5, 5.41) is 0. The summed E-state index contributed by atoms with van der Waals surface area (Å²) in [4.78, 5) is 47.7. The molecule has 0 amide bonds. The zero-order chi connectivity index (χ0) is 17.5. The number of Topliss-reactive ketones (excluding diaryl/α,β-unsaturated/α-hetero) is 4. The highest BCUT2D eigenvalue weighted by atomic mass is 16.5. The second-order valence-corrected chi connectivity index (χ2v) is 5.14. The number of carbonyl (C=O) groups is 4. The number of ether oxygens (including phenoxy) is 1. The van der Waals surface area contributed by atoms with E-state index in [1.165, 1.54) is 19.2 Å². The second-order valence-electron chi connectivity index (χ2n) is 5.14.